The van der Waals surface area contributed by atoms with Crippen LogP contribution in [0, 0.1) is 0 Å². The predicted molar refractivity (Wildman–Crippen MR) is 343 cm³/mol. The lowest BCUT2D eigenvalue weighted by atomic mass is 10.0. The number of ether oxygens (including phenoxy) is 1. The zero-order valence-corrected chi connectivity index (χ0v) is 52.7. The van der Waals surface area contributed by atoms with E-state index in [4.69, 9.17) is 4.74 Å². The van der Waals surface area contributed by atoms with E-state index < -0.39 is 12.1 Å². The number of carbonyl (C=O) groups excluding carboxylic acids is 2. The Balaban J connectivity index is 3.31. The van der Waals surface area contributed by atoms with Crippen LogP contribution in [0.3, 0.4) is 0 Å². The first kappa shape index (κ1) is 76.1. The maximum atomic E-state index is 12.4. The molecule has 0 rings (SSSR count). The van der Waals surface area contributed by atoms with Gasteiger partial charge in [0, 0.05) is 12.8 Å². The molecule has 0 aliphatic carbocycles. The van der Waals surface area contributed by atoms with Crippen molar-refractivity contribution in [2.24, 2.45) is 0 Å². The molecule has 0 heterocycles. The summed E-state index contributed by atoms with van der Waals surface area (Å²) in [5.41, 5.74) is 0. The summed E-state index contributed by atoms with van der Waals surface area (Å²) in [6, 6.07) is -0.623. The van der Waals surface area contributed by atoms with Crippen LogP contribution in [0.1, 0.15) is 386 Å². The molecule has 0 aromatic heterocycles. The van der Waals surface area contributed by atoms with Gasteiger partial charge in [0.05, 0.1) is 25.4 Å². The van der Waals surface area contributed by atoms with Gasteiger partial charge >= 0.3 is 5.97 Å². The zero-order chi connectivity index (χ0) is 56.4. The van der Waals surface area contributed by atoms with Crippen LogP contribution in [0.5, 0.6) is 0 Å². The fraction of sp³-hybridized carbons (Fsp3) is 0.889. The highest BCUT2D eigenvalue weighted by atomic mass is 16.5. The summed E-state index contributed by atoms with van der Waals surface area (Å²) in [4.78, 5) is 24.6. The Kier molecular flexibility index (Phi) is 65.9. The standard InChI is InChI=1S/C72H137NO5/c1-3-5-7-9-11-13-15-16-17-18-32-36-39-42-46-50-54-58-62-66-72(77)78-67-63-59-55-51-47-43-40-37-34-31-29-27-25-23-21-19-20-22-24-26-28-30-33-35-38-41-45-49-53-57-61-65-71(76)73-69(68-74)70(75)64-60-56-52-48-44-14-12-10-8-6-4-2/h11,13,16-17,60,64,69-70,74-75H,3-10,12,14-15,18-59,61-63,65-68H2,1-2H3,(H,73,76)/b13-11-,17-16-,64-60+. The van der Waals surface area contributed by atoms with Gasteiger partial charge in [0.2, 0.25) is 5.91 Å². The summed E-state index contributed by atoms with van der Waals surface area (Å²) in [7, 11) is 0. The highest BCUT2D eigenvalue weighted by Crippen LogP contribution is 2.19. The Morgan fingerprint density at radius 3 is 1.00 bits per heavy atom. The summed E-state index contributed by atoms with van der Waals surface area (Å²) in [6.45, 7) is 4.89. The first-order valence-electron chi connectivity index (χ1n) is 35.3. The molecule has 0 aliphatic rings. The van der Waals surface area contributed by atoms with Gasteiger partial charge < -0.3 is 20.3 Å². The van der Waals surface area contributed by atoms with E-state index in [1.54, 1.807) is 6.08 Å². The monoisotopic (exact) mass is 1100 g/mol. The van der Waals surface area contributed by atoms with E-state index in [0.29, 0.717) is 19.4 Å². The second-order valence-electron chi connectivity index (χ2n) is 24.2. The molecule has 6 heteroatoms. The molecule has 0 saturated carbocycles. The normalized spacial score (nSPS) is 12.7. The van der Waals surface area contributed by atoms with Gasteiger partial charge in [0.1, 0.15) is 0 Å². The summed E-state index contributed by atoms with van der Waals surface area (Å²) in [6.07, 6.45) is 86.7. The van der Waals surface area contributed by atoms with Crippen molar-refractivity contribution in [1.29, 1.82) is 0 Å². The Labute approximate surface area is 487 Å². The summed E-state index contributed by atoms with van der Waals surface area (Å²) < 4.78 is 5.51. The first-order valence-corrected chi connectivity index (χ1v) is 35.3. The second kappa shape index (κ2) is 67.6. The van der Waals surface area contributed by atoms with E-state index in [9.17, 15) is 19.8 Å². The number of hydrogen-bond donors (Lipinski definition) is 3. The zero-order valence-electron chi connectivity index (χ0n) is 52.7. The second-order valence-corrected chi connectivity index (χ2v) is 24.2. The summed E-state index contributed by atoms with van der Waals surface area (Å²) in [5.74, 6) is -0.0468. The molecule has 3 N–H and O–H groups in total. The molecule has 1 amide bonds. The maximum absolute atomic E-state index is 12.4. The molecular weight excluding hydrogens is 959 g/mol. The van der Waals surface area contributed by atoms with Crippen molar-refractivity contribution < 1.29 is 24.5 Å². The first-order chi connectivity index (χ1) is 38.5. The number of amides is 1. The lowest BCUT2D eigenvalue weighted by molar-refractivity contribution is -0.143. The summed E-state index contributed by atoms with van der Waals surface area (Å²) >= 11 is 0. The quantitative estimate of drug-likeness (QED) is 0.0320. The van der Waals surface area contributed by atoms with E-state index in [1.807, 2.05) is 6.08 Å². The fourth-order valence-corrected chi connectivity index (χ4v) is 11.0. The topological polar surface area (TPSA) is 95.9 Å². The SMILES string of the molecule is CCCCC/C=C\C/C=C\CCCCCCCCCCCC(=O)OCCCCCCCCCCCCCCCCCCCCCCCCCCCCCCCCCC(=O)NC(CO)C(O)/C=C/CCCCCCCCCCC. The molecule has 2 unspecified atom stereocenters. The molecule has 6 nitrogen and oxygen atoms in total. The van der Waals surface area contributed by atoms with Crippen LogP contribution in [-0.4, -0.2) is 47.4 Å². The third-order valence-electron chi connectivity index (χ3n) is 16.4. The molecule has 0 aromatic carbocycles. The Hall–Kier alpha value is -1.92. The molecule has 0 aliphatic heterocycles. The smallest absolute Gasteiger partial charge is 0.305 e. The van der Waals surface area contributed by atoms with E-state index in [1.165, 1.54) is 308 Å². The van der Waals surface area contributed by atoms with Gasteiger partial charge in [-0.1, -0.05) is 346 Å². The molecular formula is C72H137NO5. The number of allylic oxidation sites excluding steroid dienone is 5. The molecule has 2 atom stereocenters. The van der Waals surface area contributed by atoms with Crippen molar-refractivity contribution in [3.63, 3.8) is 0 Å². The molecule has 0 bridgehead atoms. The minimum atomic E-state index is -0.840. The van der Waals surface area contributed by atoms with Crippen molar-refractivity contribution in [1.82, 2.24) is 5.32 Å². The number of aliphatic hydroxyl groups excluding tert-OH is 2. The largest absolute Gasteiger partial charge is 0.466 e. The van der Waals surface area contributed by atoms with Crippen molar-refractivity contribution in [2.75, 3.05) is 13.2 Å². The van der Waals surface area contributed by atoms with E-state index in [2.05, 4.69) is 43.5 Å². The van der Waals surface area contributed by atoms with Gasteiger partial charge in [-0.05, 0) is 64.2 Å². The molecule has 0 radical (unpaired) electrons. The van der Waals surface area contributed by atoms with Crippen molar-refractivity contribution >= 4 is 11.9 Å². The molecule has 0 aromatic rings. The maximum Gasteiger partial charge on any atom is 0.305 e. The van der Waals surface area contributed by atoms with Crippen molar-refractivity contribution in [3.8, 4) is 0 Å². The third kappa shape index (κ3) is 63.3. The number of rotatable bonds is 66. The van der Waals surface area contributed by atoms with Crippen LogP contribution in [-0.2, 0) is 14.3 Å². The van der Waals surface area contributed by atoms with Crippen LogP contribution in [0.15, 0.2) is 36.5 Å². The van der Waals surface area contributed by atoms with Crippen LogP contribution < -0.4 is 5.32 Å². The van der Waals surface area contributed by atoms with Gasteiger partial charge in [-0.2, -0.15) is 0 Å². The third-order valence-corrected chi connectivity index (χ3v) is 16.4. The minimum Gasteiger partial charge on any atom is -0.466 e. The Morgan fingerprint density at radius 1 is 0.359 bits per heavy atom. The van der Waals surface area contributed by atoms with E-state index >= 15 is 0 Å². The number of nitrogens with one attached hydrogen (secondary N) is 1. The molecule has 0 fully saturated rings. The predicted octanol–water partition coefficient (Wildman–Crippen LogP) is 22.7. The minimum absolute atomic E-state index is 0.0169. The van der Waals surface area contributed by atoms with Gasteiger partial charge in [-0.25, -0.2) is 0 Å². The number of esters is 1. The van der Waals surface area contributed by atoms with Crippen LogP contribution >= 0.6 is 0 Å². The number of aliphatic hydroxyl groups is 2. The van der Waals surface area contributed by atoms with Gasteiger partial charge in [0.15, 0.2) is 0 Å². The molecule has 0 spiro atoms. The van der Waals surface area contributed by atoms with Crippen LogP contribution in [0.25, 0.3) is 0 Å². The highest BCUT2D eigenvalue weighted by molar-refractivity contribution is 5.76. The van der Waals surface area contributed by atoms with Crippen LogP contribution in [0.2, 0.25) is 0 Å². The van der Waals surface area contributed by atoms with E-state index in [0.717, 1.165) is 51.4 Å². The Bertz CT molecular complexity index is 1260. The van der Waals surface area contributed by atoms with Gasteiger partial charge in [-0.15, -0.1) is 0 Å². The number of carbonyl (C=O) groups is 2. The molecule has 78 heavy (non-hydrogen) atoms. The average Bonchev–Trinajstić information content (AvgIpc) is 3.44. The summed E-state index contributed by atoms with van der Waals surface area (Å²) in [5, 5.41) is 23.1. The van der Waals surface area contributed by atoms with E-state index in [-0.39, 0.29) is 18.5 Å². The molecule has 460 valence electrons. The lowest BCUT2D eigenvalue weighted by Gasteiger charge is -2.20. The van der Waals surface area contributed by atoms with Crippen LogP contribution in [0.4, 0.5) is 0 Å². The number of unbranched alkanes of at least 4 members (excludes halogenated alkanes) is 51. The number of hydrogen-bond acceptors (Lipinski definition) is 5. The fourth-order valence-electron chi connectivity index (χ4n) is 11.0. The van der Waals surface area contributed by atoms with Crippen molar-refractivity contribution in [3.05, 3.63) is 36.5 Å². The lowest BCUT2D eigenvalue weighted by Crippen LogP contribution is -2.45. The van der Waals surface area contributed by atoms with Crippen molar-refractivity contribution in [2.45, 2.75) is 398 Å². The Morgan fingerprint density at radius 2 is 0.641 bits per heavy atom. The molecule has 0 saturated heterocycles. The average molecular weight is 1100 g/mol. The van der Waals surface area contributed by atoms with Gasteiger partial charge in [-0.3, -0.25) is 9.59 Å². The van der Waals surface area contributed by atoms with Gasteiger partial charge in [0.25, 0.3) is 0 Å². The highest BCUT2D eigenvalue weighted by Gasteiger charge is 2.18.